The summed E-state index contributed by atoms with van der Waals surface area (Å²) in [6, 6.07) is 0. The third-order valence-corrected chi connectivity index (χ3v) is 0. The Balaban J connectivity index is 3.02. The van der Waals surface area contributed by atoms with Crippen LogP contribution in [0.1, 0.15) is 22.1 Å². The Kier molecular flexibility index (Phi) is 0.750. The summed E-state index contributed by atoms with van der Waals surface area (Å²) in [5.41, 5.74) is 0. The molecule has 0 fully saturated rings. The van der Waals surface area contributed by atoms with E-state index < -0.39 is 0 Å². The van der Waals surface area contributed by atoms with Crippen molar-refractivity contribution < 1.29 is 1.37 Å². The van der Waals surface area contributed by atoms with E-state index in [1.165, 1.54) is 0 Å². The predicted molar refractivity (Wildman–Crippen MR) is 20.5 cm³/mol. The van der Waals surface area contributed by atoms with Crippen LogP contribution in [0.3, 0.4) is 0 Å². The van der Waals surface area contributed by atoms with Crippen molar-refractivity contribution in [1.82, 2.24) is 0 Å². The van der Waals surface area contributed by atoms with Gasteiger partial charge in [-0.15, -0.1) is 0 Å². The summed E-state index contributed by atoms with van der Waals surface area (Å²) in [6.45, 7) is 5.56. The van der Waals surface area contributed by atoms with Crippen LogP contribution < -0.4 is 0 Å². The van der Waals surface area contributed by atoms with Gasteiger partial charge in [-0.05, 0) is 5.89 Å². The maximum absolute atomic E-state index is 6.94. The largest absolute Gasteiger partial charge is 0.0630 e. The lowest BCUT2D eigenvalue weighted by Crippen LogP contribution is -1.66. The lowest BCUT2D eigenvalue weighted by atomic mass is 10.3. The van der Waals surface area contributed by atoms with Crippen molar-refractivity contribution >= 4 is 0 Å². The van der Waals surface area contributed by atoms with Crippen LogP contribution in [0.25, 0.3) is 0 Å². The van der Waals surface area contributed by atoms with Crippen LogP contribution in [0.4, 0.5) is 0 Å². The van der Waals surface area contributed by atoms with Crippen molar-refractivity contribution in [3.05, 3.63) is 0 Å². The van der Waals surface area contributed by atoms with Gasteiger partial charge in [-0.2, -0.15) is 0 Å². The highest BCUT2D eigenvalue weighted by Crippen LogP contribution is 1.81. The van der Waals surface area contributed by atoms with Crippen molar-refractivity contribution in [2.45, 2.75) is 20.8 Å². The average Bonchev–Trinajstić information content (AvgIpc) is 0.722. The molecule has 0 nitrogen and oxygen atoms in total. The van der Waals surface area contributed by atoms with Crippen LogP contribution in [0, 0.1) is 5.89 Å². The van der Waals surface area contributed by atoms with Crippen LogP contribution in [0.2, 0.25) is 0 Å². The Morgan fingerprint density at radius 3 is 1.50 bits per heavy atom. The van der Waals surface area contributed by atoms with Crippen LogP contribution in [0.5, 0.6) is 0 Å². The van der Waals surface area contributed by atoms with Gasteiger partial charge < -0.3 is 0 Å². The molecule has 0 atom stereocenters. The van der Waals surface area contributed by atoms with E-state index in [0.29, 0.717) is 0 Å². The minimum Gasteiger partial charge on any atom is -0.0630 e. The molecule has 0 radical (unpaired) electrons. The Morgan fingerprint density at radius 2 is 1.50 bits per heavy atom. The number of hydrogen-bond donors (Lipinski definition) is 0. The summed E-state index contributed by atoms with van der Waals surface area (Å²) in [5, 5.41) is 0. The van der Waals surface area contributed by atoms with E-state index in [4.69, 9.17) is 1.37 Å². The van der Waals surface area contributed by atoms with Gasteiger partial charge in [-0.25, -0.2) is 0 Å². The fourth-order valence-corrected chi connectivity index (χ4v) is 0. The van der Waals surface area contributed by atoms with Crippen molar-refractivity contribution in [1.29, 1.82) is 0 Å². The summed E-state index contributed by atoms with van der Waals surface area (Å²) >= 11 is 0. The molecule has 0 aliphatic heterocycles. The Bertz CT molecular complexity index is 19.1. The molecule has 0 saturated heterocycles. The van der Waals surface area contributed by atoms with E-state index in [1.807, 2.05) is 20.8 Å². The molecule has 0 spiro atoms. The Labute approximate surface area is 29.2 Å². The fourth-order valence-electron chi connectivity index (χ4n) is 0. The van der Waals surface area contributed by atoms with E-state index in [2.05, 4.69) is 0 Å². The lowest BCUT2D eigenvalue weighted by molar-refractivity contribution is 0.737. The molecule has 0 bridgehead atoms. The standard InChI is InChI=1S/C4H10/c1-4(2)3/h4H,1-3H3/i4D. The van der Waals surface area contributed by atoms with Crippen LogP contribution >= 0.6 is 0 Å². The lowest BCUT2D eigenvalue weighted by Gasteiger charge is -1.79. The van der Waals surface area contributed by atoms with E-state index in [0.717, 1.165) is 0 Å². The maximum atomic E-state index is 6.94. The highest BCUT2D eigenvalue weighted by Gasteiger charge is 1.68. The maximum Gasteiger partial charge on any atom is 0.0294 e. The fraction of sp³-hybridized carbons (Fsp3) is 1.00. The van der Waals surface area contributed by atoms with Crippen molar-refractivity contribution in [3.63, 3.8) is 0 Å². The third-order valence-electron chi connectivity index (χ3n) is 0. The van der Waals surface area contributed by atoms with Gasteiger partial charge in [-0.1, -0.05) is 20.8 Å². The normalized spacial score (nSPS) is 15.2. The monoisotopic (exact) mass is 59.1 g/mol. The van der Waals surface area contributed by atoms with Gasteiger partial charge in [0.1, 0.15) is 0 Å². The molecule has 0 aliphatic carbocycles. The highest BCUT2D eigenvalue weighted by atomic mass is 13.7. The first-order chi connectivity index (χ1) is 2.00. The molecular weight excluding hydrogens is 48.0 g/mol. The summed E-state index contributed by atoms with van der Waals surface area (Å²) < 4.78 is 6.94. The van der Waals surface area contributed by atoms with E-state index in [-0.39, 0.29) is 5.89 Å². The van der Waals surface area contributed by atoms with E-state index in [9.17, 15) is 0 Å². The second-order valence-electron chi connectivity index (χ2n) is 1.50. The minimum absolute atomic E-state index is 0.250. The van der Waals surface area contributed by atoms with Crippen molar-refractivity contribution in [2.24, 2.45) is 5.89 Å². The van der Waals surface area contributed by atoms with Gasteiger partial charge in [0.2, 0.25) is 0 Å². The van der Waals surface area contributed by atoms with Gasteiger partial charge in [0.15, 0.2) is 0 Å². The van der Waals surface area contributed by atoms with E-state index >= 15 is 0 Å². The molecule has 0 saturated carbocycles. The van der Waals surface area contributed by atoms with Gasteiger partial charge in [-0.3, -0.25) is 0 Å². The summed E-state index contributed by atoms with van der Waals surface area (Å²) in [5.74, 6) is -0.250. The van der Waals surface area contributed by atoms with Crippen molar-refractivity contribution in [3.8, 4) is 0 Å². The molecule has 0 unspecified atom stereocenters. The van der Waals surface area contributed by atoms with Gasteiger partial charge in [0.25, 0.3) is 0 Å². The second-order valence-corrected chi connectivity index (χ2v) is 1.50. The molecule has 0 aliphatic rings. The molecule has 0 heteroatoms. The Morgan fingerprint density at radius 1 is 1.50 bits per heavy atom. The molecule has 0 N–H and O–H groups in total. The van der Waals surface area contributed by atoms with Gasteiger partial charge >= 0.3 is 0 Å². The molecular formula is C4H10. The molecule has 0 rings (SSSR count). The van der Waals surface area contributed by atoms with Gasteiger partial charge in [0, 0.05) is 1.37 Å². The SMILES string of the molecule is [2H]C(C)(C)C. The smallest absolute Gasteiger partial charge is 0.0294 e. The zero-order valence-corrected chi connectivity index (χ0v) is 3.50. The first-order valence-corrected chi connectivity index (χ1v) is 1.50. The molecule has 4 heavy (non-hydrogen) atoms. The van der Waals surface area contributed by atoms with Gasteiger partial charge in [0.05, 0.1) is 0 Å². The van der Waals surface area contributed by atoms with Crippen molar-refractivity contribution in [2.75, 3.05) is 0 Å². The van der Waals surface area contributed by atoms with Crippen LogP contribution in [-0.4, -0.2) is 0 Å². The molecule has 0 amide bonds. The summed E-state index contributed by atoms with van der Waals surface area (Å²) in [7, 11) is 0. The number of hydrogen-bond acceptors (Lipinski definition) is 0. The van der Waals surface area contributed by atoms with Crippen LogP contribution in [0.15, 0.2) is 0 Å². The molecule has 26 valence electrons. The minimum atomic E-state index is -0.250. The number of rotatable bonds is 0. The average molecular weight is 59.1 g/mol. The molecule has 0 aromatic rings. The zero-order valence-electron chi connectivity index (χ0n) is 4.50. The molecule has 0 aromatic carbocycles. The zero-order chi connectivity index (χ0) is 4.50. The third kappa shape index (κ3) is 0. The highest BCUT2D eigenvalue weighted by molar-refractivity contribution is 4.20. The predicted octanol–water partition coefficient (Wildman–Crippen LogP) is 1.66. The quantitative estimate of drug-likeness (QED) is 0.398. The molecule has 0 aromatic heterocycles. The summed E-state index contributed by atoms with van der Waals surface area (Å²) in [4.78, 5) is 0. The summed E-state index contributed by atoms with van der Waals surface area (Å²) in [6.07, 6.45) is 0. The second kappa shape index (κ2) is 1.33. The Hall–Kier alpha value is 0. The van der Waals surface area contributed by atoms with E-state index in [1.54, 1.807) is 0 Å². The first-order valence-electron chi connectivity index (χ1n) is 2.00. The molecule has 0 heterocycles. The first kappa shape index (κ1) is 2.25. The topological polar surface area (TPSA) is 0 Å². The van der Waals surface area contributed by atoms with Crippen LogP contribution in [-0.2, 0) is 0 Å².